The van der Waals surface area contributed by atoms with Crippen LogP contribution in [0.2, 0.25) is 0 Å². The number of amides is 4. The molecule has 4 amide bonds. The van der Waals surface area contributed by atoms with E-state index in [-0.39, 0.29) is 36.0 Å². The van der Waals surface area contributed by atoms with Gasteiger partial charge in [0.25, 0.3) is 5.91 Å². The van der Waals surface area contributed by atoms with Gasteiger partial charge >= 0.3 is 18.0 Å². The molecule has 19 heteroatoms. The number of aliphatic hydroxyl groups excluding tert-OH is 1. The van der Waals surface area contributed by atoms with Gasteiger partial charge in [0, 0.05) is 91.3 Å². The Morgan fingerprint density at radius 3 is 2.43 bits per heavy atom. The molecule has 2 bridgehead atoms. The molecule has 11 atom stereocenters. The topological polar surface area (TPSA) is 244 Å². The van der Waals surface area contributed by atoms with Crippen molar-refractivity contribution in [1.29, 1.82) is 0 Å². The van der Waals surface area contributed by atoms with Crippen molar-refractivity contribution in [3.05, 3.63) is 77.0 Å². The Morgan fingerprint density at radius 1 is 0.934 bits per heavy atom. The number of aromatic amines is 1. The summed E-state index contributed by atoms with van der Waals surface area (Å²) < 4.78 is 16.4. The number of esters is 2. The standard InChI is InChI=1S/C57H73N7O12/c1-6-53(72)27-35-28-56(51(70)74-5,44-39(19-23-62(29-35)31-53)38-11-8-9-12-41(38)58-44)37-17-18-42-40(26-37)55-21-24-63-22-10-20-54(7-2,47(55)63)49(68)57(73,48(55)61(42)4)50(69)59-60-52(71)76-32-75-46(67)36-15-13-34(14-16-36)30-64-43(65)25-33(3)45(64)66/h8-12,17-18,20,26,33-36,47-49,58,68,72-73H,6-7,13-16,19,21-25,27-32H2,1-5H3,(H,59,69)(H,60,71)/t33?,34?,35-,36?,47-,48+,49+,53-,54+,55+,56-,57-/m0/s1. The number of likely N-dealkylation sites (N-methyl/N-ethyl adjacent to an activating group) is 1. The molecule has 6 aliphatic heterocycles. The minimum absolute atomic E-state index is 0.0770. The molecule has 3 saturated heterocycles. The Kier molecular flexibility index (Phi) is 13.2. The van der Waals surface area contributed by atoms with E-state index in [1.165, 1.54) is 12.0 Å². The number of imide groups is 1. The fraction of sp³-hybridized carbons (Fsp3) is 0.614. The number of likely N-dealkylation sites (tertiary alicyclic amines) is 1. The number of hydrogen-bond acceptors (Lipinski definition) is 15. The Hall–Kier alpha value is -5.86. The van der Waals surface area contributed by atoms with Gasteiger partial charge in [-0.1, -0.05) is 63.3 Å². The molecule has 2 aromatic carbocycles. The summed E-state index contributed by atoms with van der Waals surface area (Å²) in [5.74, 6) is -3.21. The average Bonchev–Trinajstić information content (AvgIpc) is 3.96. The number of anilines is 1. The summed E-state index contributed by atoms with van der Waals surface area (Å²) >= 11 is 0. The van der Waals surface area contributed by atoms with Gasteiger partial charge in [-0.15, -0.1) is 0 Å². The predicted molar refractivity (Wildman–Crippen MR) is 277 cm³/mol. The first-order valence-electron chi connectivity index (χ1n) is 27.5. The van der Waals surface area contributed by atoms with E-state index in [4.69, 9.17) is 14.2 Å². The fourth-order valence-electron chi connectivity index (χ4n) is 16.2. The van der Waals surface area contributed by atoms with Crippen LogP contribution in [0.1, 0.15) is 107 Å². The number of nitrogens with one attached hydrogen (secondary N) is 3. The number of nitrogens with zero attached hydrogens (tertiary/aromatic N) is 4. The SMILES string of the molecule is CC[C@]1(O)C[C@@H]2CN(CCc3c([nH]c4ccccc34)[C@@](C(=O)OC)(c3ccc4c(c3)[C@@]35CCN6CC=C[C@@](CC)([C@@H](O)[C@](O)(C(=O)NNC(=O)OCOC(=O)C7CCC(CN8C(=O)CC(C)C8=O)CC7)[C@@H]3N4C)[C@H]65)C2)C1. The van der Waals surface area contributed by atoms with Crippen LogP contribution in [0, 0.1) is 29.1 Å². The third-order valence-corrected chi connectivity index (χ3v) is 19.7. The highest BCUT2D eigenvalue weighted by Gasteiger charge is 2.78. The van der Waals surface area contributed by atoms with E-state index < -0.39 is 82.3 Å². The predicted octanol–water partition coefficient (Wildman–Crippen LogP) is 3.70. The Balaban J connectivity index is 0.883. The molecule has 11 rings (SSSR count). The number of methoxy groups -OCH3 is 1. The first kappa shape index (κ1) is 52.2. The Labute approximate surface area is 442 Å². The molecular weight excluding hydrogens is 975 g/mol. The van der Waals surface area contributed by atoms with Gasteiger partial charge in [0.1, 0.15) is 11.5 Å². The van der Waals surface area contributed by atoms with Crippen LogP contribution in [-0.4, -0.2) is 160 Å². The van der Waals surface area contributed by atoms with E-state index in [2.05, 4.69) is 37.8 Å². The number of ether oxygens (including phenoxy) is 3. The molecule has 2 unspecified atom stereocenters. The van der Waals surface area contributed by atoms with Crippen molar-refractivity contribution in [2.45, 2.75) is 132 Å². The average molecular weight is 1050 g/mol. The van der Waals surface area contributed by atoms with Gasteiger partial charge in [0.2, 0.25) is 18.6 Å². The zero-order valence-corrected chi connectivity index (χ0v) is 44.3. The smallest absolute Gasteiger partial charge is 0.428 e. The van der Waals surface area contributed by atoms with E-state index in [0.29, 0.717) is 115 Å². The maximum Gasteiger partial charge on any atom is 0.428 e. The maximum atomic E-state index is 15.3. The molecule has 3 aromatic rings. The van der Waals surface area contributed by atoms with Gasteiger partial charge in [-0.05, 0) is 111 Å². The van der Waals surface area contributed by atoms with Gasteiger partial charge < -0.3 is 39.4 Å². The van der Waals surface area contributed by atoms with Crippen molar-refractivity contribution < 1.29 is 58.3 Å². The van der Waals surface area contributed by atoms with Crippen LogP contribution in [0.5, 0.6) is 0 Å². The van der Waals surface area contributed by atoms with Crippen LogP contribution in [-0.2, 0) is 55.4 Å². The highest BCUT2D eigenvalue weighted by molar-refractivity contribution is 6.03. The summed E-state index contributed by atoms with van der Waals surface area (Å²) in [5, 5.41) is 39.3. The number of aromatic nitrogens is 1. The van der Waals surface area contributed by atoms with Gasteiger partial charge in [-0.25, -0.2) is 10.2 Å². The van der Waals surface area contributed by atoms with Gasteiger partial charge in [0.15, 0.2) is 5.60 Å². The lowest BCUT2D eigenvalue weighted by molar-refractivity contribution is -0.204. The minimum atomic E-state index is -2.57. The summed E-state index contributed by atoms with van der Waals surface area (Å²) in [6, 6.07) is 12.6. The monoisotopic (exact) mass is 1050 g/mol. The van der Waals surface area contributed by atoms with Crippen molar-refractivity contribution in [1.82, 2.24) is 30.5 Å². The summed E-state index contributed by atoms with van der Waals surface area (Å²) in [6.45, 7) is 8.36. The second-order valence-electron chi connectivity index (χ2n) is 23.5. The van der Waals surface area contributed by atoms with Gasteiger partial charge in [0.05, 0.1) is 24.7 Å². The normalized spacial score (nSPS) is 36.5. The molecule has 19 nitrogen and oxygen atoms in total. The molecule has 6 N–H and O–H groups in total. The first-order valence-corrected chi connectivity index (χ1v) is 27.5. The van der Waals surface area contributed by atoms with Crippen LogP contribution in [0.25, 0.3) is 10.9 Å². The molecule has 2 aliphatic carbocycles. The maximum absolute atomic E-state index is 15.3. The number of hydrogen-bond donors (Lipinski definition) is 6. The number of benzene rings is 2. The van der Waals surface area contributed by atoms with Gasteiger partial charge in [-0.2, -0.15) is 0 Å². The summed E-state index contributed by atoms with van der Waals surface area (Å²) in [7, 11) is 3.22. The largest absolute Gasteiger partial charge is 0.468 e. The highest BCUT2D eigenvalue weighted by Crippen LogP contribution is 2.67. The van der Waals surface area contributed by atoms with Crippen molar-refractivity contribution in [2.75, 3.05) is 65.1 Å². The fourth-order valence-corrected chi connectivity index (χ4v) is 16.2. The molecule has 76 heavy (non-hydrogen) atoms. The van der Waals surface area contributed by atoms with Crippen molar-refractivity contribution in [3.8, 4) is 0 Å². The number of carbonyl (C=O) groups is 6. The number of para-hydroxylation sites is 1. The number of H-pyrrole nitrogens is 1. The molecule has 8 aliphatic rings. The molecule has 408 valence electrons. The lowest BCUT2D eigenvalue weighted by atomic mass is 9.47. The van der Waals surface area contributed by atoms with Crippen molar-refractivity contribution in [2.24, 2.45) is 29.1 Å². The number of rotatable bonds is 10. The Morgan fingerprint density at radius 2 is 1.71 bits per heavy atom. The van der Waals surface area contributed by atoms with Crippen LogP contribution >= 0.6 is 0 Å². The number of fused-ring (bicyclic) bond motifs is 6. The summed E-state index contributed by atoms with van der Waals surface area (Å²) in [5.41, 5.74) is 2.37. The first-order chi connectivity index (χ1) is 36.4. The van der Waals surface area contributed by atoms with Crippen LogP contribution < -0.4 is 15.8 Å². The molecule has 7 heterocycles. The number of piperidine rings is 1. The quantitative estimate of drug-likeness (QED) is 0.0558. The third-order valence-electron chi connectivity index (χ3n) is 19.7. The van der Waals surface area contributed by atoms with E-state index in [1.807, 2.05) is 61.2 Å². The summed E-state index contributed by atoms with van der Waals surface area (Å²) in [6.07, 6.45) is 6.34. The molecule has 0 radical (unpaired) electrons. The van der Waals surface area contributed by atoms with Crippen LogP contribution in [0.4, 0.5) is 10.5 Å². The molecule has 5 fully saturated rings. The second-order valence-corrected chi connectivity index (χ2v) is 23.5. The van der Waals surface area contributed by atoms with Crippen LogP contribution in [0.3, 0.4) is 0 Å². The number of carbonyl (C=O) groups excluding carboxylic acids is 6. The summed E-state index contributed by atoms with van der Waals surface area (Å²) in [4.78, 5) is 92.9. The highest BCUT2D eigenvalue weighted by atomic mass is 16.7. The zero-order valence-electron chi connectivity index (χ0n) is 44.3. The molecule has 1 aromatic heterocycles. The lowest BCUT2D eigenvalue weighted by Gasteiger charge is -2.63. The molecule has 2 saturated carbocycles. The van der Waals surface area contributed by atoms with Crippen molar-refractivity contribution >= 4 is 52.3 Å². The number of aliphatic hydroxyl groups is 3. The second kappa shape index (κ2) is 19.2. The lowest BCUT2D eigenvalue weighted by Crippen LogP contribution is -2.82. The van der Waals surface area contributed by atoms with E-state index in [9.17, 15) is 39.3 Å². The molecule has 1 spiro atoms. The molecular formula is C57H73N7O12. The Bertz CT molecular complexity index is 2880. The number of hydrazine groups is 1. The van der Waals surface area contributed by atoms with Crippen molar-refractivity contribution in [3.63, 3.8) is 0 Å². The van der Waals surface area contributed by atoms with Gasteiger partial charge in [-0.3, -0.25) is 44.1 Å². The zero-order chi connectivity index (χ0) is 53.7. The third kappa shape index (κ3) is 7.82. The van der Waals surface area contributed by atoms with E-state index in [1.54, 1.807) is 14.0 Å². The van der Waals surface area contributed by atoms with E-state index in [0.717, 1.165) is 27.7 Å². The van der Waals surface area contributed by atoms with Crippen LogP contribution in [0.15, 0.2) is 54.6 Å². The van der Waals surface area contributed by atoms with E-state index >= 15 is 4.79 Å². The minimum Gasteiger partial charge on any atom is -0.468 e.